The van der Waals surface area contributed by atoms with Crippen LogP contribution in [0.15, 0.2) is 30.3 Å². The standard InChI is InChI=1S/C19H20N2O7/c1-11-5-6-14(9-15(11)21(24)25)20-18(22)10-28-19(23)13-7-16(26-3)12(2)17(8-13)27-4/h5-9H,10H2,1-4H3,(H,20,22). The van der Waals surface area contributed by atoms with Crippen molar-refractivity contribution in [3.8, 4) is 11.5 Å². The highest BCUT2D eigenvalue weighted by Crippen LogP contribution is 2.29. The monoisotopic (exact) mass is 388 g/mol. The Bertz CT molecular complexity index is 899. The molecule has 0 aromatic heterocycles. The van der Waals surface area contributed by atoms with Crippen molar-refractivity contribution < 1.29 is 28.7 Å². The number of methoxy groups -OCH3 is 2. The Hall–Kier alpha value is -3.62. The van der Waals surface area contributed by atoms with E-state index in [9.17, 15) is 19.7 Å². The maximum absolute atomic E-state index is 12.2. The Morgan fingerprint density at radius 2 is 1.68 bits per heavy atom. The summed E-state index contributed by atoms with van der Waals surface area (Å²) in [5, 5.41) is 13.4. The number of aryl methyl sites for hydroxylation is 1. The number of hydrogen-bond donors (Lipinski definition) is 1. The minimum Gasteiger partial charge on any atom is -0.496 e. The zero-order chi connectivity index (χ0) is 20.8. The van der Waals surface area contributed by atoms with Gasteiger partial charge in [0.1, 0.15) is 11.5 Å². The number of nitro groups is 1. The van der Waals surface area contributed by atoms with Crippen molar-refractivity contribution in [3.05, 3.63) is 57.1 Å². The molecule has 1 amide bonds. The number of hydrogen-bond acceptors (Lipinski definition) is 7. The zero-order valence-electron chi connectivity index (χ0n) is 15.9. The van der Waals surface area contributed by atoms with Crippen molar-refractivity contribution in [2.45, 2.75) is 13.8 Å². The summed E-state index contributed by atoms with van der Waals surface area (Å²) in [6.07, 6.45) is 0. The van der Waals surface area contributed by atoms with E-state index in [1.165, 1.54) is 44.6 Å². The van der Waals surface area contributed by atoms with Gasteiger partial charge >= 0.3 is 5.97 Å². The molecule has 9 nitrogen and oxygen atoms in total. The molecule has 0 saturated heterocycles. The molecule has 2 rings (SSSR count). The van der Waals surface area contributed by atoms with Crippen LogP contribution in [-0.4, -0.2) is 37.6 Å². The lowest BCUT2D eigenvalue weighted by atomic mass is 10.1. The maximum atomic E-state index is 12.2. The number of ether oxygens (including phenoxy) is 3. The maximum Gasteiger partial charge on any atom is 0.338 e. The molecule has 2 aromatic carbocycles. The van der Waals surface area contributed by atoms with Crippen LogP contribution in [0, 0.1) is 24.0 Å². The van der Waals surface area contributed by atoms with Crippen LogP contribution in [0.1, 0.15) is 21.5 Å². The molecule has 9 heteroatoms. The Kier molecular flexibility index (Phi) is 6.54. The molecule has 0 heterocycles. The summed E-state index contributed by atoms with van der Waals surface area (Å²) in [5.74, 6) is -0.468. The summed E-state index contributed by atoms with van der Waals surface area (Å²) in [5.41, 5.74) is 1.47. The lowest BCUT2D eigenvalue weighted by Gasteiger charge is -2.12. The number of anilines is 1. The van der Waals surface area contributed by atoms with Gasteiger partial charge in [-0.25, -0.2) is 4.79 Å². The molecule has 0 aliphatic rings. The second-order valence-electron chi connectivity index (χ2n) is 5.89. The largest absolute Gasteiger partial charge is 0.496 e. The van der Waals surface area contributed by atoms with Crippen LogP contribution in [0.4, 0.5) is 11.4 Å². The Morgan fingerprint density at radius 1 is 1.07 bits per heavy atom. The molecular weight excluding hydrogens is 368 g/mol. The van der Waals surface area contributed by atoms with Crippen LogP contribution in [0.3, 0.4) is 0 Å². The van der Waals surface area contributed by atoms with Crippen LogP contribution in [0.5, 0.6) is 11.5 Å². The first-order chi connectivity index (χ1) is 13.3. The van der Waals surface area contributed by atoms with Gasteiger partial charge in [-0.2, -0.15) is 0 Å². The highest BCUT2D eigenvalue weighted by molar-refractivity contribution is 5.96. The number of nitrogens with zero attached hydrogens (tertiary/aromatic N) is 1. The van der Waals surface area contributed by atoms with E-state index in [0.717, 1.165) is 5.56 Å². The van der Waals surface area contributed by atoms with E-state index in [1.807, 2.05) is 0 Å². The molecule has 0 bridgehead atoms. The van der Waals surface area contributed by atoms with E-state index >= 15 is 0 Å². The smallest absolute Gasteiger partial charge is 0.338 e. The third-order valence-electron chi connectivity index (χ3n) is 4.01. The topological polar surface area (TPSA) is 117 Å². The molecule has 0 saturated carbocycles. The molecule has 0 aliphatic carbocycles. The molecule has 148 valence electrons. The minimum absolute atomic E-state index is 0.117. The van der Waals surface area contributed by atoms with E-state index in [1.54, 1.807) is 13.8 Å². The summed E-state index contributed by atoms with van der Waals surface area (Å²) in [6, 6.07) is 7.26. The van der Waals surface area contributed by atoms with Crippen molar-refractivity contribution >= 4 is 23.3 Å². The molecule has 0 aliphatic heterocycles. The summed E-state index contributed by atoms with van der Waals surface area (Å²) in [4.78, 5) is 34.7. The van der Waals surface area contributed by atoms with Crippen LogP contribution in [-0.2, 0) is 9.53 Å². The fourth-order valence-electron chi connectivity index (χ4n) is 2.50. The molecule has 0 radical (unpaired) electrons. The van der Waals surface area contributed by atoms with Gasteiger partial charge in [-0.15, -0.1) is 0 Å². The second-order valence-corrected chi connectivity index (χ2v) is 5.89. The lowest BCUT2D eigenvalue weighted by Crippen LogP contribution is -2.21. The quantitative estimate of drug-likeness (QED) is 0.440. The van der Waals surface area contributed by atoms with Gasteiger partial charge in [-0.05, 0) is 32.0 Å². The first-order valence-electron chi connectivity index (χ1n) is 8.21. The van der Waals surface area contributed by atoms with E-state index in [4.69, 9.17) is 14.2 Å². The van der Waals surface area contributed by atoms with Gasteiger partial charge < -0.3 is 19.5 Å². The van der Waals surface area contributed by atoms with E-state index < -0.39 is 23.4 Å². The van der Waals surface area contributed by atoms with E-state index in [0.29, 0.717) is 17.1 Å². The number of carbonyl (C=O) groups excluding carboxylic acids is 2. The molecule has 2 aromatic rings. The fourth-order valence-corrected chi connectivity index (χ4v) is 2.50. The second kappa shape index (κ2) is 8.85. The number of carbonyl (C=O) groups is 2. The SMILES string of the molecule is COc1cc(C(=O)OCC(=O)Nc2ccc(C)c([N+](=O)[O-])c2)cc(OC)c1C. The van der Waals surface area contributed by atoms with Gasteiger partial charge in [-0.1, -0.05) is 6.07 Å². The van der Waals surface area contributed by atoms with Crippen LogP contribution < -0.4 is 14.8 Å². The summed E-state index contributed by atoms with van der Waals surface area (Å²) in [7, 11) is 2.93. The summed E-state index contributed by atoms with van der Waals surface area (Å²) >= 11 is 0. The van der Waals surface area contributed by atoms with Crippen LogP contribution in [0.2, 0.25) is 0 Å². The first-order valence-corrected chi connectivity index (χ1v) is 8.21. The summed E-state index contributed by atoms with van der Waals surface area (Å²) in [6.45, 7) is 2.82. The van der Waals surface area contributed by atoms with Crippen molar-refractivity contribution in [2.75, 3.05) is 26.1 Å². The van der Waals surface area contributed by atoms with E-state index in [-0.39, 0.29) is 16.9 Å². The number of nitrogens with one attached hydrogen (secondary N) is 1. The van der Waals surface area contributed by atoms with Crippen LogP contribution in [0.25, 0.3) is 0 Å². The Labute approximate surface area is 161 Å². The zero-order valence-corrected chi connectivity index (χ0v) is 15.9. The highest BCUT2D eigenvalue weighted by atomic mass is 16.6. The van der Waals surface area contributed by atoms with Gasteiger partial charge in [0.25, 0.3) is 11.6 Å². The Balaban J connectivity index is 2.04. The molecule has 0 unspecified atom stereocenters. The van der Waals surface area contributed by atoms with E-state index in [2.05, 4.69) is 5.32 Å². The molecule has 0 atom stereocenters. The average Bonchev–Trinajstić information content (AvgIpc) is 2.67. The van der Waals surface area contributed by atoms with Gasteiger partial charge in [0.2, 0.25) is 0 Å². The van der Waals surface area contributed by atoms with Crippen LogP contribution >= 0.6 is 0 Å². The number of esters is 1. The third kappa shape index (κ3) is 4.76. The number of benzene rings is 2. The van der Waals surface area contributed by atoms with Crippen molar-refractivity contribution in [1.82, 2.24) is 0 Å². The van der Waals surface area contributed by atoms with Gasteiger partial charge in [0.05, 0.1) is 24.7 Å². The minimum atomic E-state index is -0.735. The number of rotatable bonds is 7. The van der Waals surface area contributed by atoms with Gasteiger partial charge in [0, 0.05) is 22.9 Å². The molecule has 28 heavy (non-hydrogen) atoms. The Morgan fingerprint density at radius 3 is 2.21 bits per heavy atom. The van der Waals surface area contributed by atoms with Crippen molar-refractivity contribution in [2.24, 2.45) is 0 Å². The lowest BCUT2D eigenvalue weighted by molar-refractivity contribution is -0.385. The molecule has 1 N–H and O–H groups in total. The van der Waals surface area contributed by atoms with Crippen molar-refractivity contribution in [3.63, 3.8) is 0 Å². The molecule has 0 fully saturated rings. The predicted octanol–water partition coefficient (Wildman–Crippen LogP) is 3.02. The number of amides is 1. The molecule has 0 spiro atoms. The first kappa shape index (κ1) is 20.7. The van der Waals surface area contributed by atoms with Crippen molar-refractivity contribution in [1.29, 1.82) is 0 Å². The van der Waals surface area contributed by atoms with Gasteiger partial charge in [-0.3, -0.25) is 14.9 Å². The number of nitro benzene ring substituents is 1. The highest BCUT2D eigenvalue weighted by Gasteiger charge is 2.17. The predicted molar refractivity (Wildman–Crippen MR) is 101 cm³/mol. The summed E-state index contributed by atoms with van der Waals surface area (Å²) < 4.78 is 15.4. The normalized spacial score (nSPS) is 10.1. The fraction of sp³-hybridized carbons (Fsp3) is 0.263. The van der Waals surface area contributed by atoms with Gasteiger partial charge in [0.15, 0.2) is 6.61 Å². The molecular formula is C19H20N2O7. The third-order valence-corrected chi connectivity index (χ3v) is 4.01. The average molecular weight is 388 g/mol.